The van der Waals surface area contributed by atoms with E-state index in [-0.39, 0.29) is 11.4 Å². The third kappa shape index (κ3) is 2.53. The Morgan fingerprint density at radius 2 is 2.16 bits per heavy atom. The maximum absolute atomic E-state index is 11.1. The molecule has 0 atom stereocenters. The SMILES string of the molecule is COc1ncc(-c2cccc(C#N)c2)cc1C(=O)O. The third-order valence-corrected chi connectivity index (χ3v) is 2.60. The van der Waals surface area contributed by atoms with Crippen LogP contribution in [0, 0.1) is 11.3 Å². The molecule has 0 aliphatic carbocycles. The fraction of sp³-hybridized carbons (Fsp3) is 0.0714. The number of pyridine rings is 1. The normalized spacial score (nSPS) is 9.68. The Morgan fingerprint density at radius 1 is 1.37 bits per heavy atom. The average molecular weight is 254 g/mol. The van der Waals surface area contributed by atoms with Gasteiger partial charge in [0.25, 0.3) is 0 Å². The minimum Gasteiger partial charge on any atom is -0.480 e. The summed E-state index contributed by atoms with van der Waals surface area (Å²) in [4.78, 5) is 15.1. The zero-order valence-electron chi connectivity index (χ0n) is 10.1. The summed E-state index contributed by atoms with van der Waals surface area (Å²) >= 11 is 0. The first-order chi connectivity index (χ1) is 9.15. The van der Waals surface area contributed by atoms with Crippen molar-refractivity contribution in [1.82, 2.24) is 4.98 Å². The average Bonchev–Trinajstić information content (AvgIpc) is 2.46. The lowest BCUT2D eigenvalue weighted by Crippen LogP contribution is -2.02. The Kier molecular flexibility index (Phi) is 3.44. The van der Waals surface area contributed by atoms with Crippen LogP contribution in [-0.4, -0.2) is 23.2 Å². The van der Waals surface area contributed by atoms with Gasteiger partial charge in [-0.15, -0.1) is 0 Å². The minimum atomic E-state index is -1.11. The highest BCUT2D eigenvalue weighted by Gasteiger charge is 2.13. The predicted octanol–water partition coefficient (Wildman–Crippen LogP) is 2.33. The summed E-state index contributed by atoms with van der Waals surface area (Å²) in [6.45, 7) is 0. The fourth-order valence-electron chi connectivity index (χ4n) is 1.69. The van der Waals surface area contributed by atoms with Crippen LogP contribution in [-0.2, 0) is 0 Å². The van der Waals surface area contributed by atoms with E-state index in [1.54, 1.807) is 24.3 Å². The summed E-state index contributed by atoms with van der Waals surface area (Å²) in [6, 6.07) is 10.4. The van der Waals surface area contributed by atoms with Gasteiger partial charge in [0.05, 0.1) is 18.7 Å². The van der Waals surface area contributed by atoms with Crippen LogP contribution in [0.2, 0.25) is 0 Å². The van der Waals surface area contributed by atoms with E-state index in [4.69, 9.17) is 15.1 Å². The van der Waals surface area contributed by atoms with Gasteiger partial charge in [-0.2, -0.15) is 5.26 Å². The van der Waals surface area contributed by atoms with Gasteiger partial charge in [-0.25, -0.2) is 9.78 Å². The molecule has 0 amide bonds. The number of aromatic nitrogens is 1. The second-order valence-electron chi connectivity index (χ2n) is 3.78. The number of aromatic carboxylic acids is 1. The van der Waals surface area contributed by atoms with E-state index in [1.807, 2.05) is 6.07 Å². The van der Waals surface area contributed by atoms with Gasteiger partial charge in [0.15, 0.2) is 0 Å². The van der Waals surface area contributed by atoms with E-state index in [0.717, 1.165) is 5.56 Å². The molecule has 0 fully saturated rings. The van der Waals surface area contributed by atoms with Crippen LogP contribution in [0.15, 0.2) is 36.5 Å². The summed E-state index contributed by atoms with van der Waals surface area (Å²) in [5.74, 6) is -1.05. The van der Waals surface area contributed by atoms with E-state index in [0.29, 0.717) is 11.1 Å². The van der Waals surface area contributed by atoms with Gasteiger partial charge in [0.1, 0.15) is 5.56 Å². The van der Waals surface area contributed by atoms with Crippen LogP contribution in [0.4, 0.5) is 0 Å². The molecule has 0 radical (unpaired) electrons. The maximum Gasteiger partial charge on any atom is 0.341 e. The number of ether oxygens (including phenoxy) is 1. The maximum atomic E-state index is 11.1. The highest BCUT2D eigenvalue weighted by molar-refractivity contribution is 5.91. The number of hydrogen-bond donors (Lipinski definition) is 1. The van der Waals surface area contributed by atoms with Crippen LogP contribution >= 0.6 is 0 Å². The van der Waals surface area contributed by atoms with Crippen LogP contribution < -0.4 is 4.74 Å². The Balaban J connectivity index is 2.54. The molecule has 19 heavy (non-hydrogen) atoms. The first kappa shape index (κ1) is 12.6. The van der Waals surface area contributed by atoms with Crippen molar-refractivity contribution in [3.05, 3.63) is 47.7 Å². The second kappa shape index (κ2) is 5.19. The van der Waals surface area contributed by atoms with E-state index in [2.05, 4.69) is 4.98 Å². The van der Waals surface area contributed by atoms with Gasteiger partial charge in [0.2, 0.25) is 5.88 Å². The molecule has 2 aromatic rings. The lowest BCUT2D eigenvalue weighted by Gasteiger charge is -2.07. The lowest BCUT2D eigenvalue weighted by atomic mass is 10.0. The highest BCUT2D eigenvalue weighted by Crippen LogP contribution is 2.24. The number of carboxylic acids is 1. The molecule has 0 saturated heterocycles. The molecule has 0 bridgehead atoms. The van der Waals surface area contributed by atoms with E-state index >= 15 is 0 Å². The molecule has 1 heterocycles. The molecule has 5 heteroatoms. The predicted molar refractivity (Wildman–Crippen MR) is 67.9 cm³/mol. The first-order valence-corrected chi connectivity index (χ1v) is 5.43. The number of nitriles is 1. The van der Waals surface area contributed by atoms with Crippen molar-refractivity contribution in [2.75, 3.05) is 7.11 Å². The second-order valence-corrected chi connectivity index (χ2v) is 3.78. The number of carbonyl (C=O) groups is 1. The number of methoxy groups -OCH3 is 1. The van der Waals surface area contributed by atoms with Crippen LogP contribution in [0.5, 0.6) is 5.88 Å². The Bertz CT molecular complexity index is 675. The number of rotatable bonds is 3. The Labute approximate surface area is 109 Å². The zero-order valence-corrected chi connectivity index (χ0v) is 10.1. The quantitative estimate of drug-likeness (QED) is 0.908. The number of benzene rings is 1. The smallest absolute Gasteiger partial charge is 0.341 e. The molecule has 0 unspecified atom stereocenters. The summed E-state index contributed by atoms with van der Waals surface area (Å²) in [6.07, 6.45) is 1.52. The van der Waals surface area contributed by atoms with Gasteiger partial charge >= 0.3 is 5.97 Å². The summed E-state index contributed by atoms with van der Waals surface area (Å²) in [7, 11) is 1.37. The van der Waals surface area contributed by atoms with Crippen LogP contribution in [0.25, 0.3) is 11.1 Å². The van der Waals surface area contributed by atoms with E-state index in [9.17, 15) is 4.79 Å². The molecule has 94 valence electrons. The molecule has 0 spiro atoms. The summed E-state index contributed by atoms with van der Waals surface area (Å²) < 4.78 is 4.90. The number of hydrogen-bond acceptors (Lipinski definition) is 4. The molecule has 1 N–H and O–H groups in total. The van der Waals surface area contributed by atoms with Crippen molar-refractivity contribution in [3.8, 4) is 23.1 Å². The van der Waals surface area contributed by atoms with Gasteiger partial charge < -0.3 is 9.84 Å². The summed E-state index contributed by atoms with van der Waals surface area (Å²) in [5, 5.41) is 18.0. The van der Waals surface area contributed by atoms with Gasteiger partial charge in [-0.1, -0.05) is 12.1 Å². The molecule has 1 aromatic heterocycles. The van der Waals surface area contributed by atoms with Gasteiger partial charge in [0, 0.05) is 11.8 Å². The number of carboxylic acid groups (broad SMARTS) is 1. The molecule has 0 saturated carbocycles. The van der Waals surface area contributed by atoms with Gasteiger partial charge in [-0.3, -0.25) is 0 Å². The topological polar surface area (TPSA) is 83.2 Å². The molecule has 0 aliphatic rings. The Morgan fingerprint density at radius 3 is 2.79 bits per heavy atom. The minimum absolute atomic E-state index is 0.0117. The molecular formula is C14H10N2O3. The van der Waals surface area contributed by atoms with Crippen LogP contribution in [0.3, 0.4) is 0 Å². The fourth-order valence-corrected chi connectivity index (χ4v) is 1.69. The first-order valence-electron chi connectivity index (χ1n) is 5.43. The van der Waals surface area contributed by atoms with Crippen LogP contribution in [0.1, 0.15) is 15.9 Å². The largest absolute Gasteiger partial charge is 0.480 e. The van der Waals surface area contributed by atoms with Crippen molar-refractivity contribution in [2.45, 2.75) is 0 Å². The zero-order chi connectivity index (χ0) is 13.8. The monoisotopic (exact) mass is 254 g/mol. The number of nitrogens with zero attached hydrogens (tertiary/aromatic N) is 2. The third-order valence-electron chi connectivity index (χ3n) is 2.60. The van der Waals surface area contributed by atoms with Gasteiger partial charge in [-0.05, 0) is 23.8 Å². The van der Waals surface area contributed by atoms with Crippen molar-refractivity contribution < 1.29 is 14.6 Å². The van der Waals surface area contributed by atoms with Crippen molar-refractivity contribution in [2.24, 2.45) is 0 Å². The standard InChI is InChI=1S/C14H10N2O3/c1-19-13-12(14(17)18)6-11(8-16-13)10-4-2-3-9(5-10)7-15/h2-6,8H,1H3,(H,17,18). The molecular weight excluding hydrogens is 244 g/mol. The van der Waals surface area contributed by atoms with E-state index < -0.39 is 5.97 Å². The molecule has 1 aromatic carbocycles. The van der Waals surface area contributed by atoms with Crippen molar-refractivity contribution in [1.29, 1.82) is 5.26 Å². The van der Waals surface area contributed by atoms with E-state index in [1.165, 1.54) is 19.4 Å². The molecule has 0 aliphatic heterocycles. The van der Waals surface area contributed by atoms with Crippen molar-refractivity contribution in [3.63, 3.8) is 0 Å². The summed E-state index contributed by atoms with van der Waals surface area (Å²) in [5.41, 5.74) is 1.85. The highest BCUT2D eigenvalue weighted by atomic mass is 16.5. The van der Waals surface area contributed by atoms with Crippen molar-refractivity contribution >= 4 is 5.97 Å². The lowest BCUT2D eigenvalue weighted by molar-refractivity contribution is 0.0692. The Hall–Kier alpha value is -2.87. The molecule has 5 nitrogen and oxygen atoms in total. The molecule has 2 rings (SSSR count).